The van der Waals surface area contributed by atoms with Gasteiger partial charge in [0.15, 0.2) is 5.78 Å². The van der Waals surface area contributed by atoms with E-state index in [9.17, 15) is 9.18 Å². The predicted molar refractivity (Wildman–Crippen MR) is 83.1 cm³/mol. The Bertz CT molecular complexity index is 604. The molecule has 0 aliphatic heterocycles. The molecule has 2 nitrogen and oxygen atoms in total. The number of nitrogens with zero attached hydrogens (tertiary/aromatic N) is 1. The molecule has 0 radical (unpaired) electrons. The van der Waals surface area contributed by atoms with E-state index < -0.39 is 0 Å². The Labute approximate surface area is 128 Å². The summed E-state index contributed by atoms with van der Waals surface area (Å²) in [7, 11) is 0. The fourth-order valence-corrected chi connectivity index (χ4v) is 3.29. The molecular formula is C17H18FNOS. The number of carbonyl (C=O) groups is 1. The van der Waals surface area contributed by atoms with E-state index in [2.05, 4.69) is 16.3 Å². The lowest BCUT2D eigenvalue weighted by Gasteiger charge is -2.27. The highest BCUT2D eigenvalue weighted by molar-refractivity contribution is 7.09. The molecule has 4 heteroatoms. The van der Waals surface area contributed by atoms with Crippen LogP contribution in [0.25, 0.3) is 0 Å². The van der Waals surface area contributed by atoms with Gasteiger partial charge in [-0.15, -0.1) is 11.3 Å². The zero-order valence-electron chi connectivity index (χ0n) is 12.0. The van der Waals surface area contributed by atoms with E-state index in [1.165, 1.54) is 17.0 Å². The van der Waals surface area contributed by atoms with Crippen molar-refractivity contribution in [2.24, 2.45) is 0 Å². The third-order valence-corrected chi connectivity index (χ3v) is 4.80. The number of ketones is 1. The molecule has 0 spiro atoms. The number of benzene rings is 1. The summed E-state index contributed by atoms with van der Waals surface area (Å²) in [5, 5.41) is 2.06. The predicted octanol–water partition coefficient (Wildman–Crippen LogP) is 4.12. The number of thiophene rings is 1. The van der Waals surface area contributed by atoms with Gasteiger partial charge in [-0.25, -0.2) is 4.39 Å². The Balaban J connectivity index is 1.75. The molecule has 0 N–H and O–H groups in total. The Morgan fingerprint density at radius 2 is 2.05 bits per heavy atom. The summed E-state index contributed by atoms with van der Waals surface area (Å²) in [5.41, 5.74) is 0.584. The van der Waals surface area contributed by atoms with Gasteiger partial charge in [0.05, 0.1) is 6.04 Å². The van der Waals surface area contributed by atoms with Crippen molar-refractivity contribution in [1.29, 1.82) is 0 Å². The fourth-order valence-electron chi connectivity index (χ4n) is 2.58. The molecule has 1 aromatic heterocycles. The van der Waals surface area contributed by atoms with E-state index in [0.29, 0.717) is 11.6 Å². The maximum Gasteiger partial charge on any atom is 0.179 e. The smallest absolute Gasteiger partial charge is 0.179 e. The number of rotatable bonds is 6. The highest BCUT2D eigenvalue weighted by Crippen LogP contribution is 2.31. The lowest BCUT2D eigenvalue weighted by Crippen LogP contribution is -2.40. The van der Waals surface area contributed by atoms with Crippen LogP contribution in [-0.4, -0.2) is 22.8 Å². The molecule has 1 aliphatic rings. The molecule has 1 atom stereocenters. The van der Waals surface area contributed by atoms with E-state index in [4.69, 9.17) is 0 Å². The molecule has 1 saturated carbocycles. The monoisotopic (exact) mass is 303 g/mol. The van der Waals surface area contributed by atoms with Gasteiger partial charge in [0, 0.05) is 23.0 Å². The number of hydrogen-bond donors (Lipinski definition) is 0. The molecule has 3 rings (SSSR count). The third-order valence-electron chi connectivity index (χ3n) is 3.94. The molecule has 0 bridgehead atoms. The average molecular weight is 303 g/mol. The standard InChI is InChI=1S/C17H18FNOS/c1-12(17(20)13-4-6-14(18)7-5-13)19(15-8-9-15)11-16-3-2-10-21-16/h2-7,10,12,15H,8-9,11H2,1H3. The molecule has 1 aromatic carbocycles. The number of carbonyl (C=O) groups excluding carboxylic acids is 1. The van der Waals surface area contributed by atoms with Crippen molar-refractivity contribution in [1.82, 2.24) is 4.90 Å². The second-order valence-electron chi connectivity index (χ2n) is 5.53. The number of halogens is 1. The molecular weight excluding hydrogens is 285 g/mol. The van der Waals surface area contributed by atoms with Crippen molar-refractivity contribution in [3.8, 4) is 0 Å². The lowest BCUT2D eigenvalue weighted by molar-refractivity contribution is 0.0816. The van der Waals surface area contributed by atoms with Crippen LogP contribution in [-0.2, 0) is 6.54 Å². The van der Waals surface area contributed by atoms with Crippen LogP contribution in [0.4, 0.5) is 4.39 Å². The average Bonchev–Trinajstić information content (AvgIpc) is 3.20. The Kier molecular flexibility index (Phi) is 4.17. The Morgan fingerprint density at radius 3 is 2.62 bits per heavy atom. The summed E-state index contributed by atoms with van der Waals surface area (Å²) in [5.74, 6) is -0.240. The molecule has 0 amide bonds. The van der Waals surface area contributed by atoms with E-state index in [0.717, 1.165) is 19.4 Å². The number of Topliss-reactive ketones (excluding diaryl/α,β-unsaturated/α-hetero) is 1. The van der Waals surface area contributed by atoms with Crippen LogP contribution in [0, 0.1) is 5.82 Å². The molecule has 1 unspecified atom stereocenters. The van der Waals surface area contributed by atoms with Gasteiger partial charge in [-0.05, 0) is 55.5 Å². The lowest BCUT2D eigenvalue weighted by atomic mass is 10.0. The Hall–Kier alpha value is -1.52. The maximum atomic E-state index is 13.0. The van der Waals surface area contributed by atoms with E-state index in [-0.39, 0.29) is 17.6 Å². The summed E-state index contributed by atoms with van der Waals surface area (Å²) in [6.45, 7) is 2.77. The van der Waals surface area contributed by atoms with Crippen LogP contribution < -0.4 is 0 Å². The van der Waals surface area contributed by atoms with Crippen molar-refractivity contribution in [3.05, 3.63) is 58.0 Å². The highest BCUT2D eigenvalue weighted by atomic mass is 32.1. The molecule has 21 heavy (non-hydrogen) atoms. The quantitative estimate of drug-likeness (QED) is 0.748. The largest absolute Gasteiger partial charge is 0.292 e. The van der Waals surface area contributed by atoms with Crippen molar-refractivity contribution in [3.63, 3.8) is 0 Å². The third kappa shape index (κ3) is 3.39. The first-order valence-electron chi connectivity index (χ1n) is 7.23. The van der Waals surface area contributed by atoms with E-state index in [1.54, 1.807) is 23.5 Å². The minimum Gasteiger partial charge on any atom is -0.292 e. The van der Waals surface area contributed by atoms with Crippen LogP contribution in [0.2, 0.25) is 0 Å². The zero-order chi connectivity index (χ0) is 14.8. The van der Waals surface area contributed by atoms with Crippen molar-refractivity contribution in [2.45, 2.75) is 38.4 Å². The van der Waals surface area contributed by atoms with Crippen LogP contribution in [0.1, 0.15) is 35.0 Å². The number of hydrogen-bond acceptors (Lipinski definition) is 3. The van der Waals surface area contributed by atoms with Gasteiger partial charge >= 0.3 is 0 Å². The van der Waals surface area contributed by atoms with Gasteiger partial charge in [-0.2, -0.15) is 0 Å². The summed E-state index contributed by atoms with van der Waals surface area (Å²) >= 11 is 1.72. The second kappa shape index (κ2) is 6.08. The van der Waals surface area contributed by atoms with E-state index in [1.807, 2.05) is 13.0 Å². The minimum absolute atomic E-state index is 0.0680. The Morgan fingerprint density at radius 1 is 1.33 bits per heavy atom. The van der Waals surface area contributed by atoms with Gasteiger partial charge < -0.3 is 0 Å². The van der Waals surface area contributed by atoms with Gasteiger partial charge in [-0.1, -0.05) is 6.07 Å². The molecule has 1 aliphatic carbocycles. The fraction of sp³-hybridized carbons (Fsp3) is 0.353. The summed E-state index contributed by atoms with van der Waals surface area (Å²) in [6, 6.07) is 10.3. The SMILES string of the molecule is CC(C(=O)c1ccc(F)cc1)N(Cc1cccs1)C1CC1. The van der Waals surface area contributed by atoms with Crippen molar-refractivity contribution >= 4 is 17.1 Å². The second-order valence-corrected chi connectivity index (χ2v) is 6.56. The normalized spacial score (nSPS) is 16.1. The van der Waals surface area contributed by atoms with Gasteiger partial charge in [0.1, 0.15) is 5.82 Å². The maximum absolute atomic E-state index is 13.0. The highest BCUT2D eigenvalue weighted by Gasteiger charge is 2.35. The molecule has 0 saturated heterocycles. The first-order valence-corrected chi connectivity index (χ1v) is 8.11. The molecule has 1 heterocycles. The van der Waals surface area contributed by atoms with Crippen LogP contribution >= 0.6 is 11.3 Å². The van der Waals surface area contributed by atoms with Crippen molar-refractivity contribution in [2.75, 3.05) is 0 Å². The molecule has 110 valence electrons. The van der Waals surface area contributed by atoms with Crippen molar-refractivity contribution < 1.29 is 9.18 Å². The molecule has 2 aromatic rings. The first-order chi connectivity index (χ1) is 10.1. The zero-order valence-corrected chi connectivity index (χ0v) is 12.8. The summed E-state index contributed by atoms with van der Waals surface area (Å²) in [6.07, 6.45) is 2.32. The minimum atomic E-state index is -0.308. The van der Waals surface area contributed by atoms with E-state index >= 15 is 0 Å². The topological polar surface area (TPSA) is 20.3 Å². The van der Waals surface area contributed by atoms with Crippen LogP contribution in [0.3, 0.4) is 0 Å². The van der Waals surface area contributed by atoms with Gasteiger partial charge in [0.2, 0.25) is 0 Å². The van der Waals surface area contributed by atoms with Gasteiger partial charge in [0.25, 0.3) is 0 Å². The van der Waals surface area contributed by atoms with Crippen LogP contribution in [0.15, 0.2) is 41.8 Å². The summed E-state index contributed by atoms with van der Waals surface area (Å²) < 4.78 is 13.0. The molecule has 1 fully saturated rings. The van der Waals surface area contributed by atoms with Gasteiger partial charge in [-0.3, -0.25) is 9.69 Å². The van der Waals surface area contributed by atoms with Crippen LogP contribution in [0.5, 0.6) is 0 Å². The first kappa shape index (κ1) is 14.4. The summed E-state index contributed by atoms with van der Waals surface area (Å²) in [4.78, 5) is 16.2.